The average molecular weight is 625 g/mol. The van der Waals surface area contributed by atoms with Crippen molar-refractivity contribution in [2.45, 2.75) is 82.4 Å². The molecule has 13 heteroatoms. The average Bonchev–Trinajstić information content (AvgIpc) is 2.79. The summed E-state index contributed by atoms with van der Waals surface area (Å²) in [5.41, 5.74) is 0.0696. The zero-order valence-corrected chi connectivity index (χ0v) is 26.5. The minimum atomic E-state index is -4.59. The zero-order valence-electron chi connectivity index (χ0n) is 21.3. The first kappa shape index (κ1) is 33.9. The smallest absolute Gasteiger partial charge is 0.858 e. The van der Waals surface area contributed by atoms with E-state index in [0.717, 1.165) is 25.3 Å². The number of benzene rings is 1. The van der Waals surface area contributed by atoms with Gasteiger partial charge in [-0.3, -0.25) is 9.55 Å². The van der Waals surface area contributed by atoms with E-state index in [1.54, 1.807) is 0 Å². The summed E-state index contributed by atoms with van der Waals surface area (Å²) in [5, 5.41) is 14.5. The summed E-state index contributed by atoms with van der Waals surface area (Å²) in [6, 6.07) is 3.67. The van der Waals surface area contributed by atoms with Crippen LogP contribution in [0.25, 0.3) is 0 Å². The summed E-state index contributed by atoms with van der Waals surface area (Å²) >= 11 is 9.02. The maximum Gasteiger partial charge on any atom is 1.00 e. The Morgan fingerprint density at radius 2 is 1.68 bits per heavy atom. The van der Waals surface area contributed by atoms with Crippen LogP contribution in [0.1, 0.15) is 77.0 Å². The van der Waals surface area contributed by atoms with E-state index >= 15 is 0 Å². The molecule has 0 aliphatic carbocycles. The fraction of sp³-hybridized carbons (Fsp3) is 0.500. The third-order valence-corrected chi connectivity index (χ3v) is 6.78. The zero-order chi connectivity index (χ0) is 26.6. The van der Waals surface area contributed by atoms with Crippen molar-refractivity contribution < 1.29 is 47.6 Å². The fourth-order valence-electron chi connectivity index (χ4n) is 3.54. The molecule has 0 bridgehead atoms. The molecule has 2 rings (SSSR count). The Balaban J connectivity index is 0.00000684. The van der Waals surface area contributed by atoms with E-state index in [4.69, 9.17) is 11.6 Å². The van der Waals surface area contributed by atoms with Crippen molar-refractivity contribution in [3.63, 3.8) is 0 Å². The molecule has 2 N–H and O–H groups in total. The first-order chi connectivity index (χ1) is 17.1. The van der Waals surface area contributed by atoms with E-state index in [0.29, 0.717) is 12.2 Å². The van der Waals surface area contributed by atoms with E-state index in [2.05, 4.69) is 54.7 Å². The molecule has 0 atom stereocenters. The van der Waals surface area contributed by atoms with Gasteiger partial charge in [-0.15, -0.1) is 0 Å². The van der Waals surface area contributed by atoms with Crippen LogP contribution in [0.5, 0.6) is 0 Å². The Labute approximate surface area is 254 Å². The number of nitrogens with one attached hydrogen (secondary N) is 1. The molecule has 0 spiro atoms. The van der Waals surface area contributed by atoms with Crippen molar-refractivity contribution in [3.8, 4) is 0 Å². The van der Waals surface area contributed by atoms with Crippen molar-refractivity contribution in [1.29, 1.82) is 0 Å². The molecule has 0 saturated heterocycles. The van der Waals surface area contributed by atoms with Crippen molar-refractivity contribution in [1.82, 2.24) is 15.0 Å². The van der Waals surface area contributed by atoms with Gasteiger partial charge in [0.25, 0.3) is 10.1 Å². The van der Waals surface area contributed by atoms with Crippen LogP contribution in [0.2, 0.25) is 5.28 Å². The van der Waals surface area contributed by atoms with Crippen LogP contribution < -0.4 is 40.0 Å². The summed E-state index contributed by atoms with van der Waals surface area (Å²) in [5.74, 6) is -0.157. The third-order valence-electron chi connectivity index (χ3n) is 5.36. The Bertz CT molecular complexity index is 1170. The van der Waals surface area contributed by atoms with Gasteiger partial charge in [-0.05, 0) is 36.2 Å². The molecule has 198 valence electrons. The molecule has 0 aliphatic heterocycles. The SMILES string of the molecule is C=C(Br)C([O-])=Nc1ccc(S(=O)(=O)O)c(Nc2nc(Cl)nc(CCCCCCCCCCCC)n2)c1.[Na+]. The van der Waals surface area contributed by atoms with Crippen molar-refractivity contribution in [2.24, 2.45) is 4.99 Å². The molecule has 0 unspecified atom stereocenters. The first-order valence-corrected chi connectivity index (χ1v) is 14.6. The van der Waals surface area contributed by atoms with E-state index in [-0.39, 0.29) is 56.6 Å². The van der Waals surface area contributed by atoms with Crippen LogP contribution in [-0.4, -0.2) is 33.8 Å². The Kier molecular flexibility index (Phi) is 16.1. The van der Waals surface area contributed by atoms with Gasteiger partial charge < -0.3 is 10.4 Å². The standard InChI is InChI=1S/C24H33BrClN5O4S.Na/c1-3-4-5-6-7-8-9-10-11-12-13-21-29-23(26)31-24(30-21)28-19-16-18(27-22(32)17(2)25)14-15-20(19)36(33,34)35;/h14-16H,2-13H2,1H3,(H,27,32)(H,33,34,35)(H,28,29,30,31);/q;+1/p-1. The van der Waals surface area contributed by atoms with Crippen LogP contribution >= 0.6 is 27.5 Å². The molecule has 1 aromatic carbocycles. The second-order valence-electron chi connectivity index (χ2n) is 8.38. The molecule has 0 fully saturated rings. The first-order valence-electron chi connectivity index (χ1n) is 12.0. The predicted octanol–water partition coefficient (Wildman–Crippen LogP) is 3.28. The number of aryl methyl sites for hydroxylation is 1. The van der Waals surface area contributed by atoms with Crippen LogP contribution in [0.4, 0.5) is 17.3 Å². The number of halogens is 2. The number of nitrogens with zero attached hydrogens (tertiary/aromatic N) is 4. The Morgan fingerprint density at radius 3 is 2.24 bits per heavy atom. The molecule has 0 saturated carbocycles. The second-order valence-corrected chi connectivity index (χ2v) is 11.1. The van der Waals surface area contributed by atoms with Gasteiger partial charge in [0.15, 0.2) is 0 Å². The van der Waals surface area contributed by atoms with Crippen LogP contribution in [0.15, 0.2) is 39.1 Å². The van der Waals surface area contributed by atoms with Crippen LogP contribution in [-0.2, 0) is 16.5 Å². The Hall–Kier alpha value is -1.08. The largest absolute Gasteiger partial charge is 1.00 e. The molecule has 37 heavy (non-hydrogen) atoms. The van der Waals surface area contributed by atoms with Gasteiger partial charge in [0.2, 0.25) is 11.2 Å². The van der Waals surface area contributed by atoms with Crippen molar-refractivity contribution in [3.05, 3.63) is 40.4 Å². The number of hydrogen-bond acceptors (Lipinski definition) is 8. The van der Waals surface area contributed by atoms with Gasteiger partial charge in [-0.2, -0.15) is 18.4 Å². The normalized spacial score (nSPS) is 11.7. The quantitative estimate of drug-likeness (QED) is 0.0954. The van der Waals surface area contributed by atoms with Gasteiger partial charge in [-0.25, -0.2) is 4.98 Å². The number of anilines is 2. The summed E-state index contributed by atoms with van der Waals surface area (Å²) < 4.78 is 33.4. The molecule has 1 aromatic heterocycles. The van der Waals surface area contributed by atoms with Crippen molar-refractivity contribution in [2.75, 3.05) is 5.32 Å². The summed E-state index contributed by atoms with van der Waals surface area (Å²) in [6.45, 7) is 5.68. The number of aromatic nitrogens is 3. The number of aliphatic imine (C=N–C) groups is 1. The molecule has 0 amide bonds. The molecular weight excluding hydrogens is 593 g/mol. The molecule has 0 aliphatic rings. The van der Waals surface area contributed by atoms with Crippen LogP contribution in [0, 0.1) is 0 Å². The van der Waals surface area contributed by atoms with Crippen LogP contribution in [0.3, 0.4) is 0 Å². The van der Waals surface area contributed by atoms with Gasteiger partial charge >= 0.3 is 29.6 Å². The molecular formula is C24H32BrClN5NaO4S. The minimum Gasteiger partial charge on any atom is -0.858 e. The van der Waals surface area contributed by atoms with Crippen molar-refractivity contribution >= 4 is 60.9 Å². The Morgan fingerprint density at radius 1 is 1.08 bits per heavy atom. The third kappa shape index (κ3) is 13.0. The van der Waals surface area contributed by atoms with E-state index in [1.807, 2.05) is 0 Å². The number of hydrogen-bond donors (Lipinski definition) is 2. The van der Waals surface area contributed by atoms with Gasteiger partial charge in [0, 0.05) is 16.8 Å². The summed E-state index contributed by atoms with van der Waals surface area (Å²) in [4.78, 5) is 15.9. The maximum absolute atomic E-state index is 11.9. The second kappa shape index (κ2) is 17.5. The van der Waals surface area contributed by atoms with E-state index < -0.39 is 20.9 Å². The predicted molar refractivity (Wildman–Crippen MR) is 145 cm³/mol. The molecule has 2 aromatic rings. The molecule has 9 nitrogen and oxygen atoms in total. The topological polar surface area (TPSA) is 140 Å². The molecule has 0 radical (unpaired) electrons. The molecule has 1 heterocycles. The minimum absolute atomic E-state index is 0. The maximum atomic E-state index is 11.9. The van der Waals surface area contributed by atoms with Gasteiger partial charge in [0.1, 0.15) is 10.7 Å². The fourth-order valence-corrected chi connectivity index (χ4v) is 4.43. The summed E-state index contributed by atoms with van der Waals surface area (Å²) in [7, 11) is -4.59. The monoisotopic (exact) mass is 623 g/mol. The number of rotatable bonds is 16. The number of unbranched alkanes of at least 4 members (excludes halogenated alkanes) is 9. The van der Waals surface area contributed by atoms with Gasteiger partial charge in [-0.1, -0.05) is 87.2 Å². The van der Waals surface area contributed by atoms with E-state index in [1.165, 1.54) is 57.1 Å². The van der Waals surface area contributed by atoms with E-state index in [9.17, 15) is 18.1 Å². The summed E-state index contributed by atoms with van der Waals surface area (Å²) in [6.07, 6.45) is 12.6. The van der Waals surface area contributed by atoms with Gasteiger partial charge in [0.05, 0.1) is 11.4 Å².